The lowest BCUT2D eigenvalue weighted by Gasteiger charge is -2.35. The van der Waals surface area contributed by atoms with Gasteiger partial charge in [-0.05, 0) is 13.8 Å². The highest BCUT2D eigenvalue weighted by Gasteiger charge is 2.37. The summed E-state index contributed by atoms with van der Waals surface area (Å²) in [5, 5.41) is 6.30. The van der Waals surface area contributed by atoms with Gasteiger partial charge in [0.05, 0.1) is 0 Å². The molecule has 0 radical (unpaired) electrons. The number of rotatable bonds is 2. The summed E-state index contributed by atoms with van der Waals surface area (Å²) in [4.78, 5) is 22.9. The second kappa shape index (κ2) is 6.37. The number of fused-ring (bicyclic) bond motifs is 1. The summed E-state index contributed by atoms with van der Waals surface area (Å²) in [6.45, 7) is 5.98. The van der Waals surface area contributed by atoms with Gasteiger partial charge in [0.1, 0.15) is 5.82 Å². The van der Waals surface area contributed by atoms with E-state index >= 15 is 0 Å². The summed E-state index contributed by atoms with van der Waals surface area (Å²) in [6, 6.07) is 1.53. The van der Waals surface area contributed by atoms with E-state index in [0.717, 1.165) is 4.52 Å². The smallest absolute Gasteiger partial charge is 0.353 e. The molecule has 1 aliphatic rings. The van der Waals surface area contributed by atoms with Crippen LogP contribution in [0.2, 0.25) is 0 Å². The van der Waals surface area contributed by atoms with Gasteiger partial charge in [-0.3, -0.25) is 0 Å². The SMILES string of the molecule is CCNC(=O)N1CCN(c2cc(C)nc3nc(C(F)(F)F)nn23)CC1. The summed E-state index contributed by atoms with van der Waals surface area (Å²) in [5.74, 6) is -0.817. The van der Waals surface area contributed by atoms with Gasteiger partial charge in [-0.2, -0.15) is 22.7 Å². The van der Waals surface area contributed by atoms with Gasteiger partial charge in [0, 0.05) is 44.5 Å². The van der Waals surface area contributed by atoms with Crippen LogP contribution in [-0.4, -0.2) is 63.2 Å². The van der Waals surface area contributed by atoms with Gasteiger partial charge in [0.15, 0.2) is 0 Å². The van der Waals surface area contributed by atoms with E-state index in [1.54, 1.807) is 17.9 Å². The highest BCUT2D eigenvalue weighted by atomic mass is 19.4. The molecule has 2 amide bonds. The topological polar surface area (TPSA) is 78.7 Å². The minimum atomic E-state index is -4.63. The molecule has 0 aliphatic carbocycles. The van der Waals surface area contributed by atoms with E-state index in [1.165, 1.54) is 0 Å². The number of aryl methyl sites for hydroxylation is 1. The standard InChI is InChI=1S/C14H18F3N7O/c1-3-18-13(25)23-6-4-22(5-7-23)10-8-9(2)19-12-20-11(14(15,16)17)21-24(10)12/h8H,3-7H2,1-2H3,(H,18,25). The number of carbonyl (C=O) groups is 1. The van der Waals surface area contributed by atoms with Crippen LogP contribution in [0.15, 0.2) is 6.07 Å². The molecule has 2 aromatic rings. The molecule has 1 fully saturated rings. The Labute approximate surface area is 141 Å². The maximum absolute atomic E-state index is 12.9. The van der Waals surface area contributed by atoms with Crippen molar-refractivity contribution in [3.63, 3.8) is 0 Å². The monoisotopic (exact) mass is 357 g/mol. The Balaban J connectivity index is 1.86. The number of urea groups is 1. The van der Waals surface area contributed by atoms with Crippen molar-refractivity contribution in [2.75, 3.05) is 37.6 Å². The molecule has 1 N–H and O–H groups in total. The van der Waals surface area contributed by atoms with Crippen molar-refractivity contribution in [1.29, 1.82) is 0 Å². The Hall–Kier alpha value is -2.59. The maximum Gasteiger partial charge on any atom is 0.453 e. The molecule has 0 bridgehead atoms. The van der Waals surface area contributed by atoms with Crippen molar-refractivity contribution in [3.8, 4) is 0 Å². The van der Waals surface area contributed by atoms with E-state index in [1.807, 2.05) is 11.8 Å². The third-order valence-electron chi connectivity index (χ3n) is 3.89. The fourth-order valence-corrected chi connectivity index (χ4v) is 2.71. The minimum absolute atomic E-state index is 0.0894. The number of hydrogen-bond acceptors (Lipinski definition) is 5. The maximum atomic E-state index is 12.9. The molecule has 3 rings (SSSR count). The van der Waals surface area contributed by atoms with Gasteiger partial charge < -0.3 is 15.1 Å². The number of piperazine rings is 1. The molecule has 8 nitrogen and oxygen atoms in total. The van der Waals surface area contributed by atoms with Crippen LogP contribution >= 0.6 is 0 Å². The quantitative estimate of drug-likeness (QED) is 0.877. The van der Waals surface area contributed by atoms with Crippen molar-refractivity contribution >= 4 is 17.6 Å². The van der Waals surface area contributed by atoms with Gasteiger partial charge in [-0.25, -0.2) is 9.78 Å². The van der Waals surface area contributed by atoms with E-state index in [0.29, 0.717) is 44.2 Å². The lowest BCUT2D eigenvalue weighted by molar-refractivity contribution is -0.144. The highest BCUT2D eigenvalue weighted by Crippen LogP contribution is 2.28. The van der Waals surface area contributed by atoms with Crippen molar-refractivity contribution in [2.45, 2.75) is 20.0 Å². The molecule has 0 saturated carbocycles. The predicted molar refractivity (Wildman–Crippen MR) is 83.4 cm³/mol. The largest absolute Gasteiger partial charge is 0.453 e. The fourth-order valence-electron chi connectivity index (χ4n) is 2.71. The predicted octanol–water partition coefficient (Wildman–Crippen LogP) is 1.30. The molecule has 0 aromatic carbocycles. The number of amides is 2. The summed E-state index contributed by atoms with van der Waals surface area (Å²) in [7, 11) is 0. The molecule has 3 heterocycles. The minimum Gasteiger partial charge on any atom is -0.353 e. The van der Waals surface area contributed by atoms with Crippen LogP contribution in [0, 0.1) is 6.92 Å². The number of alkyl halides is 3. The van der Waals surface area contributed by atoms with E-state index < -0.39 is 12.0 Å². The number of anilines is 1. The first-order valence-electron chi connectivity index (χ1n) is 7.89. The summed E-state index contributed by atoms with van der Waals surface area (Å²) < 4.78 is 39.8. The molecule has 0 unspecified atom stereocenters. The zero-order valence-corrected chi connectivity index (χ0v) is 13.8. The zero-order valence-electron chi connectivity index (χ0n) is 13.8. The summed E-state index contributed by atoms with van der Waals surface area (Å²) in [6.07, 6.45) is -4.63. The van der Waals surface area contributed by atoms with Crippen LogP contribution in [0.4, 0.5) is 23.8 Å². The highest BCUT2D eigenvalue weighted by molar-refractivity contribution is 5.74. The molecule has 0 spiro atoms. The van der Waals surface area contributed by atoms with E-state index in [4.69, 9.17) is 0 Å². The molecule has 1 aliphatic heterocycles. The van der Waals surface area contributed by atoms with Gasteiger partial charge in [-0.1, -0.05) is 0 Å². The molecule has 136 valence electrons. The average molecular weight is 357 g/mol. The zero-order chi connectivity index (χ0) is 18.2. The first kappa shape index (κ1) is 17.2. The Morgan fingerprint density at radius 3 is 2.52 bits per heavy atom. The molecular formula is C14H18F3N7O. The third-order valence-corrected chi connectivity index (χ3v) is 3.89. The summed E-state index contributed by atoms with van der Waals surface area (Å²) >= 11 is 0. The van der Waals surface area contributed by atoms with Gasteiger partial charge in [0.25, 0.3) is 11.6 Å². The number of hydrogen-bond donors (Lipinski definition) is 1. The Kier molecular flexibility index (Phi) is 4.39. The van der Waals surface area contributed by atoms with E-state index in [9.17, 15) is 18.0 Å². The van der Waals surface area contributed by atoms with Crippen molar-refractivity contribution < 1.29 is 18.0 Å². The van der Waals surface area contributed by atoms with Gasteiger partial charge >= 0.3 is 12.2 Å². The van der Waals surface area contributed by atoms with Gasteiger partial charge in [0.2, 0.25) is 0 Å². The van der Waals surface area contributed by atoms with Crippen molar-refractivity contribution in [3.05, 3.63) is 17.6 Å². The molecule has 1 saturated heterocycles. The third kappa shape index (κ3) is 3.44. The van der Waals surface area contributed by atoms with Crippen molar-refractivity contribution in [2.24, 2.45) is 0 Å². The number of aromatic nitrogens is 4. The number of halogens is 3. The van der Waals surface area contributed by atoms with Crippen LogP contribution < -0.4 is 10.2 Å². The first-order chi connectivity index (χ1) is 11.8. The molecular weight excluding hydrogens is 339 g/mol. The first-order valence-corrected chi connectivity index (χ1v) is 7.89. The van der Waals surface area contributed by atoms with Crippen molar-refractivity contribution in [1.82, 2.24) is 29.8 Å². The van der Waals surface area contributed by atoms with Gasteiger partial charge in [-0.15, -0.1) is 5.10 Å². The molecule has 2 aromatic heterocycles. The average Bonchev–Trinajstić information content (AvgIpc) is 2.98. The van der Waals surface area contributed by atoms with E-state index in [-0.39, 0.29) is 11.8 Å². The molecule has 25 heavy (non-hydrogen) atoms. The lowest BCUT2D eigenvalue weighted by Crippen LogP contribution is -2.52. The lowest BCUT2D eigenvalue weighted by atomic mass is 10.3. The summed E-state index contributed by atoms with van der Waals surface area (Å²) in [5.41, 5.74) is 0.551. The Bertz CT molecular complexity index is 781. The van der Waals surface area contributed by atoms with E-state index in [2.05, 4.69) is 20.4 Å². The Morgan fingerprint density at radius 1 is 1.24 bits per heavy atom. The van der Waals surface area contributed by atoms with Crippen LogP contribution in [0.3, 0.4) is 0 Å². The normalized spacial score (nSPS) is 15.7. The molecule has 0 atom stereocenters. The van der Waals surface area contributed by atoms with Crippen LogP contribution in [0.1, 0.15) is 18.4 Å². The second-order valence-corrected chi connectivity index (χ2v) is 5.71. The molecule has 11 heteroatoms. The Morgan fingerprint density at radius 2 is 1.92 bits per heavy atom. The van der Waals surface area contributed by atoms with Crippen LogP contribution in [-0.2, 0) is 6.18 Å². The number of nitrogens with one attached hydrogen (secondary N) is 1. The van der Waals surface area contributed by atoms with Crippen LogP contribution in [0.25, 0.3) is 5.78 Å². The number of nitrogens with zero attached hydrogens (tertiary/aromatic N) is 6. The number of carbonyl (C=O) groups excluding carboxylic acids is 1. The second-order valence-electron chi connectivity index (χ2n) is 5.71. The van der Waals surface area contributed by atoms with Crippen LogP contribution in [0.5, 0.6) is 0 Å². The fraction of sp³-hybridized carbons (Fsp3) is 0.571.